The molecule has 0 spiro atoms. The van der Waals surface area contributed by atoms with Gasteiger partial charge in [0.15, 0.2) is 0 Å². The Labute approximate surface area is 161 Å². The van der Waals surface area contributed by atoms with Crippen molar-refractivity contribution in [2.24, 2.45) is 0 Å². The molecule has 3 rings (SSSR count). The van der Waals surface area contributed by atoms with Gasteiger partial charge in [-0.05, 0) is 75.1 Å². The van der Waals surface area contributed by atoms with Crippen LogP contribution in [0.4, 0.5) is 5.69 Å². The standard InChI is InChI=1S/C21H26N2O3S/c1-3-23(19-9-7-8-17(2)16-19)27(25,26)20-12-10-18(11-13-20)21(24)22-14-5-4-6-15-22/h7-13,16H,3-6,14-15H2,1-2H3. The van der Waals surface area contributed by atoms with Gasteiger partial charge >= 0.3 is 0 Å². The van der Waals surface area contributed by atoms with Crippen LogP contribution in [0, 0.1) is 6.92 Å². The van der Waals surface area contributed by atoms with Crippen molar-refractivity contribution in [3.05, 3.63) is 59.7 Å². The quantitative estimate of drug-likeness (QED) is 0.785. The summed E-state index contributed by atoms with van der Waals surface area (Å²) in [6.07, 6.45) is 3.22. The Hall–Kier alpha value is -2.34. The third-order valence-corrected chi connectivity index (χ3v) is 6.83. The van der Waals surface area contributed by atoms with E-state index in [1.165, 1.54) is 16.4 Å². The van der Waals surface area contributed by atoms with Gasteiger partial charge in [-0.3, -0.25) is 9.10 Å². The number of hydrogen-bond acceptors (Lipinski definition) is 3. The van der Waals surface area contributed by atoms with E-state index in [9.17, 15) is 13.2 Å². The smallest absolute Gasteiger partial charge is 0.264 e. The molecule has 144 valence electrons. The molecule has 5 nitrogen and oxygen atoms in total. The van der Waals surface area contributed by atoms with Crippen LogP contribution in [0.5, 0.6) is 0 Å². The molecule has 1 amide bonds. The first-order valence-electron chi connectivity index (χ1n) is 9.42. The molecule has 0 aliphatic carbocycles. The number of likely N-dealkylation sites (tertiary alicyclic amines) is 1. The van der Waals surface area contributed by atoms with E-state index in [1.807, 2.05) is 36.9 Å². The molecule has 1 aliphatic rings. The van der Waals surface area contributed by atoms with Gasteiger partial charge in [-0.15, -0.1) is 0 Å². The third kappa shape index (κ3) is 4.16. The molecule has 0 atom stereocenters. The van der Waals surface area contributed by atoms with Crippen molar-refractivity contribution < 1.29 is 13.2 Å². The molecule has 0 saturated carbocycles. The lowest BCUT2D eigenvalue weighted by molar-refractivity contribution is 0.0724. The zero-order valence-electron chi connectivity index (χ0n) is 15.9. The average Bonchev–Trinajstić information content (AvgIpc) is 2.68. The van der Waals surface area contributed by atoms with Crippen molar-refractivity contribution in [3.63, 3.8) is 0 Å². The highest BCUT2D eigenvalue weighted by molar-refractivity contribution is 7.92. The molecule has 0 radical (unpaired) electrons. The topological polar surface area (TPSA) is 57.7 Å². The van der Waals surface area contributed by atoms with E-state index in [0.29, 0.717) is 17.8 Å². The van der Waals surface area contributed by atoms with Crippen molar-refractivity contribution in [3.8, 4) is 0 Å². The minimum Gasteiger partial charge on any atom is -0.339 e. The maximum absolute atomic E-state index is 13.1. The van der Waals surface area contributed by atoms with Crippen LogP contribution < -0.4 is 4.31 Å². The summed E-state index contributed by atoms with van der Waals surface area (Å²) in [6.45, 7) is 5.63. The second kappa shape index (κ2) is 8.13. The Balaban J connectivity index is 1.85. The lowest BCUT2D eigenvalue weighted by Crippen LogP contribution is -2.35. The monoisotopic (exact) mass is 386 g/mol. The van der Waals surface area contributed by atoms with Crippen molar-refractivity contribution >= 4 is 21.6 Å². The van der Waals surface area contributed by atoms with E-state index in [4.69, 9.17) is 0 Å². The van der Waals surface area contributed by atoms with Crippen LogP contribution in [0.15, 0.2) is 53.4 Å². The van der Waals surface area contributed by atoms with E-state index < -0.39 is 10.0 Å². The fraction of sp³-hybridized carbons (Fsp3) is 0.381. The largest absolute Gasteiger partial charge is 0.339 e. The summed E-state index contributed by atoms with van der Waals surface area (Å²) in [4.78, 5) is 14.6. The fourth-order valence-electron chi connectivity index (χ4n) is 3.45. The van der Waals surface area contributed by atoms with Gasteiger partial charge < -0.3 is 4.90 Å². The summed E-state index contributed by atoms with van der Waals surface area (Å²) >= 11 is 0. The SMILES string of the molecule is CCN(c1cccc(C)c1)S(=O)(=O)c1ccc(C(=O)N2CCCCC2)cc1. The molecule has 0 unspecified atom stereocenters. The lowest BCUT2D eigenvalue weighted by Gasteiger charge is -2.27. The van der Waals surface area contributed by atoms with Gasteiger partial charge in [-0.2, -0.15) is 0 Å². The number of benzene rings is 2. The Kier molecular flexibility index (Phi) is 5.85. The van der Waals surface area contributed by atoms with Crippen molar-refractivity contribution in [2.75, 3.05) is 23.9 Å². The molecule has 0 N–H and O–H groups in total. The van der Waals surface area contributed by atoms with Gasteiger partial charge in [0.05, 0.1) is 10.6 Å². The van der Waals surface area contributed by atoms with Crippen LogP contribution in [-0.4, -0.2) is 38.9 Å². The number of carbonyl (C=O) groups is 1. The van der Waals surface area contributed by atoms with E-state index >= 15 is 0 Å². The van der Waals surface area contributed by atoms with Crippen LogP contribution in [0.25, 0.3) is 0 Å². The number of anilines is 1. The molecule has 1 fully saturated rings. The summed E-state index contributed by atoms with van der Waals surface area (Å²) in [7, 11) is -3.68. The van der Waals surface area contributed by atoms with Crippen molar-refractivity contribution in [1.29, 1.82) is 0 Å². The van der Waals surface area contributed by atoms with Crippen molar-refractivity contribution in [2.45, 2.75) is 38.0 Å². The van der Waals surface area contributed by atoms with Crippen LogP contribution in [0.2, 0.25) is 0 Å². The summed E-state index contributed by atoms with van der Waals surface area (Å²) in [5, 5.41) is 0. The minimum absolute atomic E-state index is 0.0234. The molecule has 1 saturated heterocycles. The third-order valence-electron chi connectivity index (χ3n) is 4.91. The summed E-state index contributed by atoms with van der Waals surface area (Å²) in [5.41, 5.74) is 2.18. The molecule has 0 bridgehead atoms. The molecule has 0 aromatic heterocycles. The Morgan fingerprint density at radius 3 is 2.30 bits per heavy atom. The Morgan fingerprint density at radius 1 is 1.04 bits per heavy atom. The average molecular weight is 387 g/mol. The number of hydrogen-bond donors (Lipinski definition) is 0. The fourth-order valence-corrected chi connectivity index (χ4v) is 4.92. The van der Waals surface area contributed by atoms with E-state index in [2.05, 4.69) is 0 Å². The first-order valence-corrected chi connectivity index (χ1v) is 10.9. The van der Waals surface area contributed by atoms with Gasteiger partial charge in [0.2, 0.25) is 0 Å². The van der Waals surface area contributed by atoms with Crippen LogP contribution in [0.3, 0.4) is 0 Å². The normalized spacial score (nSPS) is 14.8. The second-order valence-corrected chi connectivity index (χ2v) is 8.75. The summed E-state index contributed by atoms with van der Waals surface area (Å²) in [5.74, 6) is -0.0234. The van der Waals surface area contributed by atoms with Gasteiger partial charge in [-0.1, -0.05) is 12.1 Å². The van der Waals surface area contributed by atoms with Gasteiger partial charge in [-0.25, -0.2) is 8.42 Å². The zero-order valence-corrected chi connectivity index (χ0v) is 16.7. The van der Waals surface area contributed by atoms with E-state index in [-0.39, 0.29) is 10.8 Å². The van der Waals surface area contributed by atoms with Crippen LogP contribution in [0.1, 0.15) is 42.1 Å². The molecule has 6 heteroatoms. The predicted molar refractivity (Wildman–Crippen MR) is 108 cm³/mol. The number of sulfonamides is 1. The first kappa shape index (κ1) is 19.4. The van der Waals surface area contributed by atoms with Gasteiger partial charge in [0, 0.05) is 25.2 Å². The Bertz CT molecular complexity index is 901. The maximum Gasteiger partial charge on any atom is 0.264 e. The van der Waals surface area contributed by atoms with Crippen molar-refractivity contribution in [1.82, 2.24) is 4.90 Å². The molecule has 2 aromatic rings. The second-order valence-electron chi connectivity index (χ2n) is 6.89. The molecular weight excluding hydrogens is 360 g/mol. The molecule has 27 heavy (non-hydrogen) atoms. The molecular formula is C21H26N2O3S. The summed E-state index contributed by atoms with van der Waals surface area (Å²) < 4.78 is 27.6. The number of rotatable bonds is 5. The summed E-state index contributed by atoms with van der Waals surface area (Å²) in [6, 6.07) is 13.7. The minimum atomic E-state index is -3.68. The van der Waals surface area contributed by atoms with Crippen LogP contribution >= 0.6 is 0 Å². The maximum atomic E-state index is 13.1. The van der Waals surface area contributed by atoms with Gasteiger partial charge in [0.1, 0.15) is 0 Å². The van der Waals surface area contributed by atoms with Crippen LogP contribution in [-0.2, 0) is 10.0 Å². The number of carbonyl (C=O) groups excluding carboxylic acids is 1. The van der Waals surface area contributed by atoms with E-state index in [0.717, 1.165) is 37.9 Å². The lowest BCUT2D eigenvalue weighted by atomic mass is 10.1. The highest BCUT2D eigenvalue weighted by Crippen LogP contribution is 2.25. The molecule has 1 aliphatic heterocycles. The number of amides is 1. The van der Waals surface area contributed by atoms with Gasteiger partial charge in [0.25, 0.3) is 15.9 Å². The zero-order chi connectivity index (χ0) is 19.4. The highest BCUT2D eigenvalue weighted by Gasteiger charge is 2.25. The molecule has 2 aromatic carbocycles. The first-order chi connectivity index (χ1) is 12.9. The Morgan fingerprint density at radius 2 is 1.70 bits per heavy atom. The number of aryl methyl sites for hydroxylation is 1. The van der Waals surface area contributed by atoms with E-state index in [1.54, 1.807) is 18.2 Å². The number of piperidine rings is 1. The highest BCUT2D eigenvalue weighted by atomic mass is 32.2. The predicted octanol–water partition coefficient (Wildman–Crippen LogP) is 3.84. The molecule has 1 heterocycles. The number of nitrogens with zero attached hydrogens (tertiary/aromatic N) is 2.